The van der Waals surface area contributed by atoms with E-state index in [1.165, 1.54) is 0 Å². The van der Waals surface area contributed by atoms with E-state index in [0.29, 0.717) is 0 Å². The third-order valence-electron chi connectivity index (χ3n) is 6.26. The van der Waals surface area contributed by atoms with Gasteiger partial charge in [0.05, 0.1) is 38.6 Å². The molecule has 1 saturated carbocycles. The normalized spacial score (nSPS) is 26.9. The van der Waals surface area contributed by atoms with Crippen molar-refractivity contribution in [2.75, 3.05) is 6.61 Å². The summed E-state index contributed by atoms with van der Waals surface area (Å²) in [6, 6.07) is 29.0. The second-order valence-electron chi connectivity index (χ2n) is 8.61. The lowest BCUT2D eigenvalue weighted by Gasteiger charge is -2.46. The third-order valence-corrected chi connectivity index (χ3v) is 6.26. The van der Waals surface area contributed by atoms with Crippen molar-refractivity contribution >= 4 is 0 Å². The van der Waals surface area contributed by atoms with Crippen molar-refractivity contribution in [3.05, 3.63) is 108 Å². The SMILES string of the molecule is OC[C@H]1[C@H](O)[C@H](O)[C@H](OCc2ccccc2)[C@@H](OCc2ccccc2)[C@@H]1OCc1ccccc1. The largest absolute Gasteiger partial charge is 0.396 e. The van der Waals surface area contributed by atoms with Crippen molar-refractivity contribution in [3.8, 4) is 0 Å². The Bertz CT molecular complexity index is 968. The van der Waals surface area contributed by atoms with Crippen molar-refractivity contribution in [1.29, 1.82) is 0 Å². The van der Waals surface area contributed by atoms with Crippen molar-refractivity contribution < 1.29 is 29.5 Å². The van der Waals surface area contributed by atoms with Crippen LogP contribution in [0.15, 0.2) is 91.0 Å². The zero-order valence-electron chi connectivity index (χ0n) is 19.0. The van der Waals surface area contributed by atoms with E-state index in [4.69, 9.17) is 14.2 Å². The maximum absolute atomic E-state index is 11.0. The van der Waals surface area contributed by atoms with E-state index in [-0.39, 0.29) is 26.4 Å². The van der Waals surface area contributed by atoms with Gasteiger partial charge in [-0.05, 0) is 16.7 Å². The van der Waals surface area contributed by atoms with Gasteiger partial charge in [0.2, 0.25) is 0 Å². The Hall–Kier alpha value is -2.58. The molecule has 0 bridgehead atoms. The molecule has 34 heavy (non-hydrogen) atoms. The molecule has 6 nitrogen and oxygen atoms in total. The van der Waals surface area contributed by atoms with Crippen LogP contribution in [-0.2, 0) is 34.0 Å². The van der Waals surface area contributed by atoms with Gasteiger partial charge in [-0.25, -0.2) is 0 Å². The molecule has 3 aromatic rings. The number of aliphatic hydroxyl groups excluding tert-OH is 3. The van der Waals surface area contributed by atoms with Gasteiger partial charge in [0.25, 0.3) is 0 Å². The second-order valence-corrected chi connectivity index (χ2v) is 8.61. The van der Waals surface area contributed by atoms with Gasteiger partial charge >= 0.3 is 0 Å². The van der Waals surface area contributed by atoms with Crippen molar-refractivity contribution in [3.63, 3.8) is 0 Å². The number of rotatable bonds is 10. The second kappa shape index (κ2) is 12.2. The van der Waals surface area contributed by atoms with Crippen LogP contribution in [-0.4, -0.2) is 52.4 Å². The van der Waals surface area contributed by atoms with Crippen molar-refractivity contribution in [2.45, 2.75) is 50.3 Å². The molecule has 0 aromatic heterocycles. The highest BCUT2D eigenvalue weighted by Gasteiger charge is 2.51. The predicted molar refractivity (Wildman–Crippen MR) is 128 cm³/mol. The summed E-state index contributed by atoms with van der Waals surface area (Å²) < 4.78 is 18.7. The first-order valence-electron chi connectivity index (χ1n) is 11.6. The Kier molecular flexibility index (Phi) is 8.82. The molecular formula is C28H32O6. The first-order chi connectivity index (χ1) is 16.7. The maximum atomic E-state index is 11.0. The standard InChI is InChI=1S/C28H32O6/c29-16-23-24(30)25(31)27(33-18-21-12-6-2-7-13-21)28(34-19-22-14-8-3-9-15-22)26(23)32-17-20-10-4-1-5-11-20/h1-15,23-31H,16-19H2/t23-,24-,25-,26+,27-,28-/m0/s1. The molecule has 6 atom stereocenters. The van der Waals surface area contributed by atoms with E-state index >= 15 is 0 Å². The Morgan fingerprint density at radius 1 is 0.500 bits per heavy atom. The van der Waals surface area contributed by atoms with Crippen LogP contribution in [0.1, 0.15) is 16.7 Å². The summed E-state index contributed by atoms with van der Waals surface area (Å²) in [6.07, 6.45) is -4.69. The first-order valence-corrected chi connectivity index (χ1v) is 11.6. The fourth-order valence-corrected chi connectivity index (χ4v) is 4.38. The molecule has 0 amide bonds. The number of hydrogen-bond acceptors (Lipinski definition) is 6. The molecule has 1 aliphatic carbocycles. The molecule has 0 aliphatic heterocycles. The summed E-state index contributed by atoms with van der Waals surface area (Å²) in [6.45, 7) is 0.453. The number of aliphatic hydroxyl groups is 3. The van der Waals surface area contributed by atoms with Gasteiger partial charge in [0.1, 0.15) is 18.3 Å². The van der Waals surface area contributed by atoms with Crippen LogP contribution in [0.5, 0.6) is 0 Å². The lowest BCUT2D eigenvalue weighted by molar-refractivity contribution is -0.253. The zero-order chi connectivity index (χ0) is 23.8. The minimum atomic E-state index is -1.24. The first kappa shape index (κ1) is 24.5. The van der Waals surface area contributed by atoms with Crippen LogP contribution in [0.3, 0.4) is 0 Å². The molecule has 4 rings (SSSR count). The molecule has 1 aliphatic rings. The van der Waals surface area contributed by atoms with Crippen LogP contribution < -0.4 is 0 Å². The van der Waals surface area contributed by atoms with Crippen LogP contribution in [0.25, 0.3) is 0 Å². The number of hydrogen-bond donors (Lipinski definition) is 3. The van der Waals surface area contributed by atoms with E-state index < -0.39 is 36.4 Å². The quantitative estimate of drug-likeness (QED) is 0.427. The summed E-state index contributed by atoms with van der Waals surface area (Å²) in [7, 11) is 0. The fraction of sp³-hybridized carbons (Fsp3) is 0.357. The minimum Gasteiger partial charge on any atom is -0.396 e. The molecule has 0 heterocycles. The molecule has 3 N–H and O–H groups in total. The maximum Gasteiger partial charge on any atom is 0.115 e. The molecule has 0 radical (unpaired) electrons. The minimum absolute atomic E-state index is 0.246. The highest BCUT2D eigenvalue weighted by Crippen LogP contribution is 2.34. The Labute approximate surface area is 200 Å². The predicted octanol–water partition coefficient (Wildman–Crippen LogP) is 3.09. The summed E-state index contributed by atoms with van der Waals surface area (Å²) in [5.74, 6) is -0.726. The van der Waals surface area contributed by atoms with E-state index in [1.54, 1.807) is 0 Å². The molecule has 0 spiro atoms. The lowest BCUT2D eigenvalue weighted by atomic mass is 9.78. The molecular weight excluding hydrogens is 432 g/mol. The summed E-state index contributed by atoms with van der Waals surface area (Å²) >= 11 is 0. The van der Waals surface area contributed by atoms with Crippen LogP contribution in [0.4, 0.5) is 0 Å². The van der Waals surface area contributed by atoms with Gasteiger partial charge in [-0.3, -0.25) is 0 Å². The highest BCUT2D eigenvalue weighted by atomic mass is 16.6. The van der Waals surface area contributed by atoms with E-state index in [9.17, 15) is 15.3 Å². The molecule has 180 valence electrons. The van der Waals surface area contributed by atoms with Gasteiger partial charge in [0.15, 0.2) is 0 Å². The number of ether oxygens (including phenoxy) is 3. The molecule has 6 heteroatoms. The van der Waals surface area contributed by atoms with Crippen LogP contribution in [0, 0.1) is 5.92 Å². The average molecular weight is 465 g/mol. The molecule has 3 aromatic carbocycles. The third kappa shape index (κ3) is 6.10. The zero-order valence-corrected chi connectivity index (χ0v) is 19.0. The highest BCUT2D eigenvalue weighted by molar-refractivity contribution is 5.16. The van der Waals surface area contributed by atoms with E-state index in [1.807, 2.05) is 91.0 Å². The Morgan fingerprint density at radius 3 is 1.29 bits per heavy atom. The van der Waals surface area contributed by atoms with E-state index in [2.05, 4.69) is 0 Å². The van der Waals surface area contributed by atoms with E-state index in [0.717, 1.165) is 16.7 Å². The molecule has 0 saturated heterocycles. The summed E-state index contributed by atoms with van der Waals surface area (Å²) in [5.41, 5.74) is 2.87. The fourth-order valence-electron chi connectivity index (χ4n) is 4.38. The topological polar surface area (TPSA) is 88.4 Å². The number of benzene rings is 3. The Morgan fingerprint density at radius 2 is 0.882 bits per heavy atom. The van der Waals surface area contributed by atoms with Gasteiger partial charge in [-0.15, -0.1) is 0 Å². The van der Waals surface area contributed by atoms with Crippen molar-refractivity contribution in [2.24, 2.45) is 5.92 Å². The molecule has 1 fully saturated rings. The smallest absolute Gasteiger partial charge is 0.115 e. The molecule has 0 unspecified atom stereocenters. The van der Waals surface area contributed by atoms with Crippen LogP contribution >= 0.6 is 0 Å². The lowest BCUT2D eigenvalue weighted by Crippen LogP contribution is -2.64. The monoisotopic (exact) mass is 464 g/mol. The van der Waals surface area contributed by atoms with Gasteiger partial charge in [-0.2, -0.15) is 0 Å². The Balaban J connectivity index is 1.57. The summed E-state index contributed by atoms with van der Waals surface area (Å²) in [5, 5.41) is 31.9. The average Bonchev–Trinajstić information content (AvgIpc) is 2.89. The van der Waals surface area contributed by atoms with Gasteiger partial charge in [-0.1, -0.05) is 91.0 Å². The van der Waals surface area contributed by atoms with Crippen LogP contribution in [0.2, 0.25) is 0 Å². The van der Waals surface area contributed by atoms with Gasteiger partial charge < -0.3 is 29.5 Å². The van der Waals surface area contributed by atoms with Gasteiger partial charge in [0, 0.05) is 5.92 Å². The van der Waals surface area contributed by atoms with Crippen molar-refractivity contribution in [1.82, 2.24) is 0 Å². The summed E-state index contributed by atoms with van der Waals surface area (Å²) in [4.78, 5) is 0.